The van der Waals surface area contributed by atoms with Crippen LogP contribution in [0.1, 0.15) is 36.5 Å². The number of anilines is 1. The van der Waals surface area contributed by atoms with Crippen molar-refractivity contribution < 1.29 is 19.5 Å². The van der Waals surface area contributed by atoms with E-state index in [9.17, 15) is 14.4 Å². The van der Waals surface area contributed by atoms with E-state index in [0.29, 0.717) is 11.3 Å². The summed E-state index contributed by atoms with van der Waals surface area (Å²) in [5.41, 5.74) is 1.05. The number of carboxylic acid groups (broad SMARTS) is 1. The predicted octanol–water partition coefficient (Wildman–Crippen LogP) is 1.70. The van der Waals surface area contributed by atoms with Crippen molar-refractivity contribution in [3.05, 3.63) is 29.8 Å². The van der Waals surface area contributed by atoms with E-state index in [1.807, 2.05) is 11.9 Å². The summed E-state index contributed by atoms with van der Waals surface area (Å²) < 4.78 is 0. The lowest BCUT2D eigenvalue weighted by Gasteiger charge is -2.25. The van der Waals surface area contributed by atoms with Crippen LogP contribution in [0.15, 0.2) is 24.3 Å². The number of rotatable bonds is 7. The van der Waals surface area contributed by atoms with Crippen LogP contribution in [0.5, 0.6) is 0 Å². The van der Waals surface area contributed by atoms with Crippen LogP contribution in [0.3, 0.4) is 0 Å². The van der Waals surface area contributed by atoms with Crippen molar-refractivity contribution in [1.82, 2.24) is 9.80 Å². The van der Waals surface area contributed by atoms with Gasteiger partial charge >= 0.3 is 5.97 Å². The molecular formula is C19H27N3O4. The molecule has 7 heteroatoms. The summed E-state index contributed by atoms with van der Waals surface area (Å²) in [6, 6.07) is 7.21. The molecule has 142 valence electrons. The number of carbonyl (C=O) groups is 3. The van der Waals surface area contributed by atoms with Crippen LogP contribution in [0.2, 0.25) is 0 Å². The normalized spacial score (nSPS) is 18.3. The number of amides is 1. The Bertz CT molecular complexity index is 662. The molecule has 0 aliphatic carbocycles. The van der Waals surface area contributed by atoms with E-state index in [2.05, 4.69) is 10.2 Å². The van der Waals surface area contributed by atoms with Gasteiger partial charge in [-0.1, -0.05) is 12.1 Å². The quantitative estimate of drug-likeness (QED) is 0.719. The van der Waals surface area contributed by atoms with Crippen molar-refractivity contribution in [2.45, 2.75) is 32.2 Å². The van der Waals surface area contributed by atoms with Gasteiger partial charge in [-0.3, -0.25) is 24.2 Å². The summed E-state index contributed by atoms with van der Waals surface area (Å²) >= 11 is 0. The summed E-state index contributed by atoms with van der Waals surface area (Å²) in [5.74, 6) is -1.05. The largest absolute Gasteiger partial charge is 0.480 e. The average molecular weight is 361 g/mol. The molecule has 0 spiro atoms. The number of likely N-dealkylation sites (tertiary alicyclic amines) is 1. The van der Waals surface area contributed by atoms with Crippen LogP contribution in [-0.4, -0.2) is 71.8 Å². The highest BCUT2D eigenvalue weighted by Crippen LogP contribution is 2.17. The third-order valence-electron chi connectivity index (χ3n) is 4.75. The minimum Gasteiger partial charge on any atom is -0.480 e. The van der Waals surface area contributed by atoms with Gasteiger partial charge in [-0.2, -0.15) is 0 Å². The Morgan fingerprint density at radius 1 is 1.23 bits per heavy atom. The Morgan fingerprint density at radius 2 is 1.96 bits per heavy atom. The molecule has 2 rings (SSSR count). The molecule has 7 nitrogen and oxygen atoms in total. The summed E-state index contributed by atoms with van der Waals surface area (Å²) in [6.07, 6.45) is 2.68. The SMILES string of the molecule is CC(=O)c1ccccc1NC(=O)CN1CCCC(N(C)CC(=O)O)CC1. The fourth-order valence-electron chi connectivity index (χ4n) is 3.37. The van der Waals surface area contributed by atoms with Crippen molar-refractivity contribution in [3.63, 3.8) is 0 Å². The fourth-order valence-corrected chi connectivity index (χ4v) is 3.37. The molecule has 1 aliphatic rings. The Labute approximate surface area is 154 Å². The minimum atomic E-state index is -0.822. The van der Waals surface area contributed by atoms with Gasteiger partial charge in [-0.25, -0.2) is 0 Å². The molecule has 26 heavy (non-hydrogen) atoms. The molecule has 1 unspecified atom stereocenters. The van der Waals surface area contributed by atoms with Crippen LogP contribution in [0, 0.1) is 0 Å². The molecular weight excluding hydrogens is 334 g/mol. The maximum absolute atomic E-state index is 12.4. The number of benzene rings is 1. The van der Waals surface area contributed by atoms with Gasteiger partial charge in [-0.05, 0) is 51.9 Å². The molecule has 1 heterocycles. The second-order valence-electron chi connectivity index (χ2n) is 6.82. The van der Waals surface area contributed by atoms with Gasteiger partial charge in [0.1, 0.15) is 0 Å². The predicted molar refractivity (Wildman–Crippen MR) is 99.4 cm³/mol. The molecule has 1 fully saturated rings. The first-order valence-corrected chi connectivity index (χ1v) is 8.91. The standard InChI is InChI=1S/C19H27N3O4/c1-14(23)16-7-3-4-8-17(16)20-18(24)12-22-10-5-6-15(9-11-22)21(2)13-19(25)26/h3-4,7-8,15H,5-6,9-13H2,1-2H3,(H,20,24)(H,25,26). The first-order valence-electron chi connectivity index (χ1n) is 8.91. The molecule has 0 aromatic heterocycles. The van der Waals surface area contributed by atoms with Gasteiger partial charge in [0.2, 0.25) is 5.91 Å². The number of para-hydroxylation sites is 1. The van der Waals surface area contributed by atoms with Gasteiger partial charge in [0.05, 0.1) is 18.8 Å². The topological polar surface area (TPSA) is 90.0 Å². The third kappa shape index (κ3) is 5.93. The average Bonchev–Trinajstić information content (AvgIpc) is 2.80. The number of likely N-dealkylation sites (N-methyl/N-ethyl adjacent to an activating group) is 1. The zero-order valence-electron chi connectivity index (χ0n) is 15.4. The highest BCUT2D eigenvalue weighted by atomic mass is 16.4. The number of ketones is 1. The highest BCUT2D eigenvalue weighted by molar-refractivity contribution is 6.04. The monoisotopic (exact) mass is 361 g/mol. The van der Waals surface area contributed by atoms with E-state index in [4.69, 9.17) is 5.11 Å². The summed E-state index contributed by atoms with van der Waals surface area (Å²) in [4.78, 5) is 38.8. The molecule has 1 aliphatic heterocycles. The van der Waals surface area contributed by atoms with Crippen molar-refractivity contribution in [3.8, 4) is 0 Å². The molecule has 0 saturated carbocycles. The molecule has 2 N–H and O–H groups in total. The van der Waals surface area contributed by atoms with Crippen LogP contribution in [0.4, 0.5) is 5.69 Å². The van der Waals surface area contributed by atoms with Gasteiger partial charge in [0, 0.05) is 18.2 Å². The van der Waals surface area contributed by atoms with Crippen LogP contribution < -0.4 is 5.32 Å². The highest BCUT2D eigenvalue weighted by Gasteiger charge is 2.23. The lowest BCUT2D eigenvalue weighted by molar-refractivity contribution is -0.138. The van der Waals surface area contributed by atoms with Crippen molar-refractivity contribution in [2.75, 3.05) is 38.5 Å². The van der Waals surface area contributed by atoms with Crippen LogP contribution in [-0.2, 0) is 9.59 Å². The maximum Gasteiger partial charge on any atom is 0.317 e. The smallest absolute Gasteiger partial charge is 0.317 e. The van der Waals surface area contributed by atoms with E-state index in [1.165, 1.54) is 6.92 Å². The van der Waals surface area contributed by atoms with Crippen LogP contribution >= 0.6 is 0 Å². The fraction of sp³-hybridized carbons (Fsp3) is 0.526. The minimum absolute atomic E-state index is 0.0347. The third-order valence-corrected chi connectivity index (χ3v) is 4.75. The van der Waals surface area contributed by atoms with Gasteiger partial charge in [0.25, 0.3) is 0 Å². The first kappa shape index (κ1) is 20.1. The number of aliphatic carboxylic acids is 1. The lowest BCUT2D eigenvalue weighted by Crippen LogP contribution is -2.37. The number of carboxylic acids is 1. The van der Waals surface area contributed by atoms with E-state index in [0.717, 1.165) is 32.4 Å². The van der Waals surface area contributed by atoms with Crippen molar-refractivity contribution >= 4 is 23.3 Å². The Morgan fingerprint density at radius 3 is 2.65 bits per heavy atom. The van der Waals surface area contributed by atoms with E-state index in [1.54, 1.807) is 24.3 Å². The van der Waals surface area contributed by atoms with Crippen molar-refractivity contribution in [1.29, 1.82) is 0 Å². The number of Topliss-reactive ketones (excluding diaryl/α,β-unsaturated/α-hetero) is 1. The summed E-state index contributed by atoms with van der Waals surface area (Å²) in [7, 11) is 1.83. The molecule has 0 bridgehead atoms. The van der Waals surface area contributed by atoms with Gasteiger partial charge in [0.15, 0.2) is 5.78 Å². The summed E-state index contributed by atoms with van der Waals surface area (Å²) in [5, 5.41) is 11.8. The zero-order valence-corrected chi connectivity index (χ0v) is 15.4. The van der Waals surface area contributed by atoms with Gasteiger partial charge < -0.3 is 10.4 Å². The summed E-state index contributed by atoms with van der Waals surface area (Å²) in [6.45, 7) is 3.33. The molecule has 0 radical (unpaired) electrons. The second kappa shape index (κ2) is 9.45. The van der Waals surface area contributed by atoms with Crippen molar-refractivity contribution in [2.24, 2.45) is 0 Å². The molecule has 1 aromatic rings. The molecule has 1 amide bonds. The lowest BCUT2D eigenvalue weighted by atomic mass is 10.1. The van der Waals surface area contributed by atoms with E-state index < -0.39 is 5.97 Å². The van der Waals surface area contributed by atoms with Gasteiger partial charge in [-0.15, -0.1) is 0 Å². The number of nitrogens with one attached hydrogen (secondary N) is 1. The molecule has 1 saturated heterocycles. The second-order valence-corrected chi connectivity index (χ2v) is 6.82. The number of carbonyl (C=O) groups excluding carboxylic acids is 2. The van der Waals surface area contributed by atoms with Crippen LogP contribution in [0.25, 0.3) is 0 Å². The Kier molecular flexibility index (Phi) is 7.29. The van der Waals surface area contributed by atoms with E-state index in [-0.39, 0.29) is 30.8 Å². The Hall–Kier alpha value is -2.25. The Balaban J connectivity index is 1.88. The van der Waals surface area contributed by atoms with E-state index >= 15 is 0 Å². The number of hydrogen-bond donors (Lipinski definition) is 2. The molecule has 1 atom stereocenters. The molecule has 1 aromatic carbocycles. The number of nitrogens with zero attached hydrogens (tertiary/aromatic N) is 2. The number of hydrogen-bond acceptors (Lipinski definition) is 5. The zero-order chi connectivity index (χ0) is 19.1. The maximum atomic E-state index is 12.4. The first-order chi connectivity index (χ1) is 12.4.